The molecule has 0 radical (unpaired) electrons. The van der Waals surface area contributed by atoms with E-state index in [1.165, 1.54) is 0 Å². The molecular weight excluding hydrogens is 138 g/mol. The van der Waals surface area contributed by atoms with E-state index in [1.54, 1.807) is 0 Å². The first kappa shape index (κ1) is 10.6. The number of nitrogens with one attached hydrogen (secondary N) is 1. The van der Waals surface area contributed by atoms with E-state index in [2.05, 4.69) is 19.2 Å². The van der Waals surface area contributed by atoms with Crippen molar-refractivity contribution in [2.45, 2.75) is 39.7 Å². The molecule has 0 aromatic heterocycles. The monoisotopic (exact) mass is 157 g/mol. The summed E-state index contributed by atoms with van der Waals surface area (Å²) >= 11 is 0. The molecule has 0 heterocycles. The second-order valence-electron chi connectivity index (χ2n) is 3.66. The summed E-state index contributed by atoms with van der Waals surface area (Å²) in [6.45, 7) is 9.06. The Bertz CT molecular complexity index is 123. The summed E-state index contributed by atoms with van der Waals surface area (Å²) in [6.07, 6.45) is 1.92. The molecular formula is C9H19NO. The maximum atomic E-state index is 10.7. The van der Waals surface area contributed by atoms with E-state index in [4.69, 9.17) is 0 Å². The molecule has 0 spiro atoms. The molecule has 66 valence electrons. The van der Waals surface area contributed by atoms with E-state index in [0.717, 1.165) is 19.3 Å². The summed E-state index contributed by atoms with van der Waals surface area (Å²) in [4.78, 5) is 10.7. The van der Waals surface area contributed by atoms with E-state index in [0.29, 0.717) is 5.92 Å². The molecule has 0 bridgehead atoms. The van der Waals surface area contributed by atoms with Gasteiger partial charge in [0, 0.05) is 0 Å². The van der Waals surface area contributed by atoms with Crippen molar-refractivity contribution in [1.29, 1.82) is 0 Å². The van der Waals surface area contributed by atoms with Crippen LogP contribution in [-0.4, -0.2) is 18.4 Å². The van der Waals surface area contributed by atoms with E-state index >= 15 is 0 Å². The topological polar surface area (TPSA) is 29.1 Å². The van der Waals surface area contributed by atoms with Crippen LogP contribution in [0.2, 0.25) is 0 Å². The highest BCUT2D eigenvalue weighted by atomic mass is 16.1. The molecule has 0 saturated heterocycles. The smallest absolute Gasteiger partial charge is 0.139 e. The van der Waals surface area contributed by atoms with Crippen molar-refractivity contribution in [3.63, 3.8) is 0 Å². The Morgan fingerprint density at radius 3 is 2.36 bits per heavy atom. The van der Waals surface area contributed by atoms with Crippen molar-refractivity contribution in [1.82, 2.24) is 5.32 Å². The van der Waals surface area contributed by atoms with Gasteiger partial charge in [0.15, 0.2) is 0 Å². The lowest BCUT2D eigenvalue weighted by Gasteiger charge is -2.25. The summed E-state index contributed by atoms with van der Waals surface area (Å²) in [7, 11) is 0. The van der Waals surface area contributed by atoms with Gasteiger partial charge in [-0.05, 0) is 25.8 Å². The summed E-state index contributed by atoms with van der Waals surface area (Å²) in [6, 6.07) is 0. The van der Waals surface area contributed by atoms with Gasteiger partial charge in [0.1, 0.15) is 6.29 Å². The minimum absolute atomic E-state index is 0.317. The highest BCUT2D eigenvalue weighted by Gasteiger charge is 2.22. The van der Waals surface area contributed by atoms with E-state index in [1.807, 2.05) is 13.8 Å². The van der Waals surface area contributed by atoms with Gasteiger partial charge in [0.25, 0.3) is 0 Å². The number of hydrogen-bond donors (Lipinski definition) is 1. The van der Waals surface area contributed by atoms with Crippen LogP contribution in [0.15, 0.2) is 0 Å². The summed E-state index contributed by atoms with van der Waals surface area (Å²) in [5.41, 5.74) is -0.317. The fourth-order valence-corrected chi connectivity index (χ4v) is 1.41. The molecule has 0 aromatic rings. The zero-order valence-corrected chi connectivity index (χ0v) is 7.98. The molecule has 0 amide bonds. The van der Waals surface area contributed by atoms with Gasteiger partial charge < -0.3 is 10.1 Å². The molecule has 0 aliphatic heterocycles. The summed E-state index contributed by atoms with van der Waals surface area (Å²) < 4.78 is 0. The third-order valence-corrected chi connectivity index (χ3v) is 1.67. The Balaban J connectivity index is 3.98. The first-order valence-corrected chi connectivity index (χ1v) is 4.25. The third-order valence-electron chi connectivity index (χ3n) is 1.67. The largest absolute Gasteiger partial charge is 0.306 e. The van der Waals surface area contributed by atoms with Crippen molar-refractivity contribution < 1.29 is 4.79 Å². The van der Waals surface area contributed by atoms with Gasteiger partial charge in [-0.25, -0.2) is 0 Å². The molecule has 0 aliphatic carbocycles. The number of aldehydes is 1. The van der Waals surface area contributed by atoms with Crippen LogP contribution in [0.4, 0.5) is 0 Å². The van der Waals surface area contributed by atoms with Crippen molar-refractivity contribution in [3.05, 3.63) is 0 Å². The van der Waals surface area contributed by atoms with Crippen molar-refractivity contribution in [2.75, 3.05) is 6.54 Å². The number of carbonyl (C=O) groups excluding carboxylic acids is 1. The van der Waals surface area contributed by atoms with Crippen LogP contribution in [0.3, 0.4) is 0 Å². The predicted octanol–water partition coefficient (Wildman–Crippen LogP) is 1.60. The van der Waals surface area contributed by atoms with Gasteiger partial charge in [0.2, 0.25) is 0 Å². The molecule has 0 aromatic carbocycles. The minimum Gasteiger partial charge on any atom is -0.306 e. The van der Waals surface area contributed by atoms with Crippen molar-refractivity contribution >= 4 is 6.29 Å². The van der Waals surface area contributed by atoms with Gasteiger partial charge in [-0.15, -0.1) is 0 Å². The predicted molar refractivity (Wildman–Crippen MR) is 47.6 cm³/mol. The standard InChI is InChI=1S/C9H19NO/c1-5-10-9(4,7-11)6-8(2)3/h7-8,10H,5-6H2,1-4H3. The Hall–Kier alpha value is -0.370. The zero-order chi connectivity index (χ0) is 8.91. The van der Waals surface area contributed by atoms with Crippen molar-refractivity contribution in [2.24, 2.45) is 5.92 Å². The third kappa shape index (κ3) is 4.14. The van der Waals surface area contributed by atoms with Crippen LogP contribution in [0.5, 0.6) is 0 Å². The van der Waals surface area contributed by atoms with Gasteiger partial charge in [-0.1, -0.05) is 20.8 Å². The van der Waals surface area contributed by atoms with Crippen LogP contribution >= 0.6 is 0 Å². The molecule has 0 rings (SSSR count). The molecule has 0 fully saturated rings. The summed E-state index contributed by atoms with van der Waals surface area (Å²) in [5.74, 6) is 0.559. The minimum atomic E-state index is -0.317. The Morgan fingerprint density at radius 1 is 1.55 bits per heavy atom. The van der Waals surface area contributed by atoms with Gasteiger partial charge >= 0.3 is 0 Å². The maximum absolute atomic E-state index is 10.7. The quantitative estimate of drug-likeness (QED) is 0.614. The lowest BCUT2D eigenvalue weighted by atomic mass is 9.92. The molecule has 0 aliphatic rings. The van der Waals surface area contributed by atoms with Crippen LogP contribution in [0, 0.1) is 5.92 Å². The fraction of sp³-hybridized carbons (Fsp3) is 0.889. The van der Waals surface area contributed by atoms with Gasteiger partial charge in [-0.2, -0.15) is 0 Å². The Kier molecular flexibility index (Phi) is 4.34. The van der Waals surface area contributed by atoms with Crippen LogP contribution in [-0.2, 0) is 4.79 Å². The SMILES string of the molecule is CCNC(C)(C=O)CC(C)C. The van der Waals surface area contributed by atoms with E-state index < -0.39 is 0 Å². The summed E-state index contributed by atoms with van der Waals surface area (Å²) in [5, 5.41) is 3.17. The number of carbonyl (C=O) groups is 1. The second-order valence-corrected chi connectivity index (χ2v) is 3.66. The molecule has 11 heavy (non-hydrogen) atoms. The maximum Gasteiger partial charge on any atom is 0.139 e. The average Bonchev–Trinajstić information content (AvgIpc) is 1.87. The number of hydrogen-bond acceptors (Lipinski definition) is 2. The normalized spacial score (nSPS) is 16.5. The second kappa shape index (κ2) is 4.50. The molecule has 1 N–H and O–H groups in total. The number of rotatable bonds is 5. The van der Waals surface area contributed by atoms with E-state index in [-0.39, 0.29) is 5.54 Å². The molecule has 1 atom stereocenters. The number of likely N-dealkylation sites (N-methyl/N-ethyl adjacent to an activating group) is 1. The molecule has 0 saturated carbocycles. The first-order chi connectivity index (χ1) is 5.04. The molecule has 1 unspecified atom stereocenters. The fourth-order valence-electron chi connectivity index (χ4n) is 1.41. The van der Waals surface area contributed by atoms with Crippen molar-refractivity contribution in [3.8, 4) is 0 Å². The molecule has 2 heteroatoms. The first-order valence-electron chi connectivity index (χ1n) is 4.25. The van der Waals surface area contributed by atoms with Gasteiger partial charge in [-0.3, -0.25) is 0 Å². The van der Waals surface area contributed by atoms with Gasteiger partial charge in [0.05, 0.1) is 5.54 Å². The average molecular weight is 157 g/mol. The lowest BCUT2D eigenvalue weighted by Crippen LogP contribution is -2.44. The highest BCUT2D eigenvalue weighted by Crippen LogP contribution is 2.13. The highest BCUT2D eigenvalue weighted by molar-refractivity contribution is 5.63. The van der Waals surface area contributed by atoms with Crippen LogP contribution in [0.25, 0.3) is 0 Å². The molecule has 2 nitrogen and oxygen atoms in total. The van der Waals surface area contributed by atoms with E-state index in [9.17, 15) is 4.79 Å². The Morgan fingerprint density at radius 2 is 2.09 bits per heavy atom. The lowest BCUT2D eigenvalue weighted by molar-refractivity contribution is -0.113. The Labute approximate surface area is 69.4 Å². The van der Waals surface area contributed by atoms with Crippen LogP contribution < -0.4 is 5.32 Å². The zero-order valence-electron chi connectivity index (χ0n) is 7.98. The van der Waals surface area contributed by atoms with Crippen LogP contribution in [0.1, 0.15) is 34.1 Å².